The van der Waals surface area contributed by atoms with E-state index >= 15 is 0 Å². The van der Waals surface area contributed by atoms with Gasteiger partial charge < -0.3 is 5.32 Å². The lowest BCUT2D eigenvalue weighted by Crippen LogP contribution is -2.27. The zero-order valence-electron chi connectivity index (χ0n) is 15.8. The van der Waals surface area contributed by atoms with E-state index < -0.39 is 5.41 Å². The van der Waals surface area contributed by atoms with Gasteiger partial charge in [-0.2, -0.15) is 0 Å². The van der Waals surface area contributed by atoms with E-state index in [-0.39, 0.29) is 5.91 Å². The van der Waals surface area contributed by atoms with Gasteiger partial charge in [0.25, 0.3) is 0 Å². The summed E-state index contributed by atoms with van der Waals surface area (Å²) >= 11 is 7.73. The van der Waals surface area contributed by atoms with Crippen LogP contribution in [0.2, 0.25) is 5.02 Å². The molecule has 0 saturated heterocycles. The van der Waals surface area contributed by atoms with Crippen molar-refractivity contribution in [3.8, 4) is 5.13 Å². The molecule has 0 spiro atoms. The first-order valence-corrected chi connectivity index (χ1v) is 9.98. The van der Waals surface area contributed by atoms with Crippen LogP contribution in [-0.2, 0) is 11.2 Å². The lowest BCUT2D eigenvalue weighted by atomic mass is 9.96. The van der Waals surface area contributed by atoms with Crippen LogP contribution in [0.1, 0.15) is 40.2 Å². The highest BCUT2D eigenvalue weighted by molar-refractivity contribution is 7.12. The Labute approximate surface area is 163 Å². The molecule has 3 aromatic rings. The first-order chi connectivity index (χ1) is 12.1. The molecule has 26 heavy (non-hydrogen) atoms. The van der Waals surface area contributed by atoms with E-state index in [1.54, 1.807) is 0 Å². The van der Waals surface area contributed by atoms with Crippen molar-refractivity contribution in [2.24, 2.45) is 11.3 Å². The summed E-state index contributed by atoms with van der Waals surface area (Å²) in [6.07, 6.45) is 3.12. The van der Waals surface area contributed by atoms with E-state index in [1.807, 2.05) is 38.3 Å². The standard InChI is InChI=1S/C20H24ClN3OS/c1-12(2)8-13-10-24(16-9-14(21)6-7-15(13)16)19-23-17(11-26-19)22-18(25)20(3,4)5/h6-7,9-12H,8H2,1-5H3,(H,22,25). The number of fused-ring (bicyclic) bond motifs is 1. The third kappa shape index (κ3) is 3.94. The summed E-state index contributed by atoms with van der Waals surface area (Å²) in [6.45, 7) is 10.1. The van der Waals surface area contributed by atoms with E-state index in [0.29, 0.717) is 16.8 Å². The van der Waals surface area contributed by atoms with E-state index in [9.17, 15) is 4.79 Å². The Morgan fingerprint density at radius 1 is 1.35 bits per heavy atom. The molecule has 2 aromatic heterocycles. The molecule has 0 saturated carbocycles. The number of nitrogens with one attached hydrogen (secondary N) is 1. The number of hydrogen-bond acceptors (Lipinski definition) is 3. The second-order valence-corrected chi connectivity index (χ2v) is 9.28. The number of carbonyl (C=O) groups excluding carboxylic acids is 1. The minimum absolute atomic E-state index is 0.0461. The van der Waals surface area contributed by atoms with Crippen LogP contribution in [0.25, 0.3) is 16.0 Å². The van der Waals surface area contributed by atoms with Crippen molar-refractivity contribution in [1.29, 1.82) is 0 Å². The molecule has 1 N–H and O–H groups in total. The van der Waals surface area contributed by atoms with Gasteiger partial charge in [-0.1, -0.05) is 52.3 Å². The molecular weight excluding hydrogens is 366 g/mol. The Hall–Kier alpha value is -1.85. The molecule has 0 aliphatic carbocycles. The molecule has 0 bridgehead atoms. The molecule has 0 atom stereocenters. The van der Waals surface area contributed by atoms with Gasteiger partial charge in [0.1, 0.15) is 5.82 Å². The topological polar surface area (TPSA) is 46.9 Å². The highest BCUT2D eigenvalue weighted by Gasteiger charge is 2.22. The van der Waals surface area contributed by atoms with Crippen molar-refractivity contribution in [1.82, 2.24) is 9.55 Å². The van der Waals surface area contributed by atoms with Crippen LogP contribution in [-0.4, -0.2) is 15.5 Å². The molecule has 6 heteroatoms. The van der Waals surface area contributed by atoms with E-state index in [2.05, 4.69) is 41.0 Å². The lowest BCUT2D eigenvalue weighted by molar-refractivity contribution is -0.123. The molecule has 138 valence electrons. The summed E-state index contributed by atoms with van der Waals surface area (Å²) in [4.78, 5) is 16.8. The predicted molar refractivity (Wildman–Crippen MR) is 111 cm³/mol. The van der Waals surface area contributed by atoms with Gasteiger partial charge in [0.2, 0.25) is 5.91 Å². The molecule has 1 amide bonds. The first kappa shape index (κ1) is 18.9. The Bertz CT molecular complexity index is 950. The molecule has 0 unspecified atom stereocenters. The molecule has 3 rings (SSSR count). The van der Waals surface area contributed by atoms with Gasteiger partial charge in [-0.05, 0) is 30.0 Å². The molecule has 2 heterocycles. The van der Waals surface area contributed by atoms with Crippen LogP contribution in [0.3, 0.4) is 0 Å². The minimum Gasteiger partial charge on any atom is -0.309 e. The average Bonchev–Trinajstić information content (AvgIpc) is 3.10. The van der Waals surface area contributed by atoms with Crippen LogP contribution in [0.5, 0.6) is 0 Å². The van der Waals surface area contributed by atoms with Crippen molar-refractivity contribution in [3.05, 3.63) is 40.4 Å². The summed E-state index contributed by atoms with van der Waals surface area (Å²) in [5, 5.41) is 7.47. The Balaban J connectivity index is 2.00. The fourth-order valence-electron chi connectivity index (χ4n) is 2.77. The number of rotatable bonds is 4. The molecule has 0 radical (unpaired) electrons. The third-order valence-corrected chi connectivity index (χ3v) is 5.17. The number of nitrogens with zero attached hydrogens (tertiary/aromatic N) is 2. The fourth-order valence-corrected chi connectivity index (χ4v) is 3.68. The lowest BCUT2D eigenvalue weighted by Gasteiger charge is -2.16. The summed E-state index contributed by atoms with van der Waals surface area (Å²) in [6, 6.07) is 5.96. The van der Waals surface area contributed by atoms with Gasteiger partial charge in [-0.15, -0.1) is 11.3 Å². The Morgan fingerprint density at radius 2 is 2.08 bits per heavy atom. The Kier molecular flexibility index (Phi) is 5.13. The zero-order chi connectivity index (χ0) is 19.1. The summed E-state index contributed by atoms with van der Waals surface area (Å²) in [5.74, 6) is 1.09. The molecule has 0 aliphatic rings. The normalized spacial score (nSPS) is 12.1. The maximum Gasteiger partial charge on any atom is 0.230 e. The highest BCUT2D eigenvalue weighted by Crippen LogP contribution is 2.31. The first-order valence-electron chi connectivity index (χ1n) is 8.72. The van der Waals surface area contributed by atoms with Gasteiger partial charge in [0.05, 0.1) is 5.52 Å². The largest absolute Gasteiger partial charge is 0.309 e. The highest BCUT2D eigenvalue weighted by atomic mass is 35.5. The number of benzene rings is 1. The molecule has 1 aromatic carbocycles. The average molecular weight is 390 g/mol. The van der Waals surface area contributed by atoms with Crippen molar-refractivity contribution >= 4 is 45.6 Å². The van der Waals surface area contributed by atoms with Gasteiger partial charge in [-0.25, -0.2) is 4.98 Å². The van der Waals surface area contributed by atoms with Gasteiger partial charge in [-0.3, -0.25) is 9.36 Å². The van der Waals surface area contributed by atoms with Crippen molar-refractivity contribution < 1.29 is 4.79 Å². The minimum atomic E-state index is -0.456. The monoisotopic (exact) mass is 389 g/mol. The second kappa shape index (κ2) is 7.05. The molecule has 4 nitrogen and oxygen atoms in total. The number of thiazole rings is 1. The number of carbonyl (C=O) groups is 1. The SMILES string of the molecule is CC(C)Cc1cn(-c2nc(NC(=O)C(C)(C)C)cs2)c2cc(Cl)ccc12. The maximum atomic E-state index is 12.2. The summed E-state index contributed by atoms with van der Waals surface area (Å²) in [5.41, 5.74) is 1.86. The van der Waals surface area contributed by atoms with E-state index in [1.165, 1.54) is 22.3 Å². The number of aromatic nitrogens is 2. The third-order valence-electron chi connectivity index (χ3n) is 4.10. The van der Waals surface area contributed by atoms with Crippen molar-refractivity contribution in [3.63, 3.8) is 0 Å². The number of halogens is 1. The maximum absolute atomic E-state index is 12.2. The molecular formula is C20H24ClN3OS. The number of anilines is 1. The van der Waals surface area contributed by atoms with E-state index in [4.69, 9.17) is 11.6 Å². The zero-order valence-corrected chi connectivity index (χ0v) is 17.3. The van der Waals surface area contributed by atoms with Crippen molar-refractivity contribution in [2.75, 3.05) is 5.32 Å². The smallest absolute Gasteiger partial charge is 0.230 e. The number of amides is 1. The fraction of sp³-hybridized carbons (Fsp3) is 0.400. The van der Waals surface area contributed by atoms with Crippen LogP contribution < -0.4 is 5.32 Å². The van der Waals surface area contributed by atoms with Gasteiger partial charge >= 0.3 is 0 Å². The summed E-state index contributed by atoms with van der Waals surface area (Å²) in [7, 11) is 0. The van der Waals surface area contributed by atoms with E-state index in [0.717, 1.165) is 17.1 Å². The molecule has 0 aliphatic heterocycles. The van der Waals surface area contributed by atoms with Crippen LogP contribution in [0, 0.1) is 11.3 Å². The van der Waals surface area contributed by atoms with Crippen LogP contribution >= 0.6 is 22.9 Å². The van der Waals surface area contributed by atoms with Crippen LogP contribution in [0.4, 0.5) is 5.82 Å². The molecule has 0 fully saturated rings. The second-order valence-electron chi connectivity index (χ2n) is 8.00. The predicted octanol–water partition coefficient (Wildman–Crippen LogP) is 5.92. The quantitative estimate of drug-likeness (QED) is 0.601. The van der Waals surface area contributed by atoms with Crippen LogP contribution in [0.15, 0.2) is 29.8 Å². The van der Waals surface area contributed by atoms with Gasteiger partial charge in [0.15, 0.2) is 5.13 Å². The van der Waals surface area contributed by atoms with Gasteiger partial charge in [0, 0.05) is 27.4 Å². The summed E-state index contributed by atoms with van der Waals surface area (Å²) < 4.78 is 2.07. The van der Waals surface area contributed by atoms with Crippen molar-refractivity contribution in [2.45, 2.75) is 41.0 Å². The number of hydrogen-bond donors (Lipinski definition) is 1. The Morgan fingerprint density at radius 3 is 2.73 bits per heavy atom.